The van der Waals surface area contributed by atoms with Crippen molar-refractivity contribution in [2.45, 2.75) is 0 Å². The molecule has 0 amide bonds. The molecule has 1 heterocycles. The molecular formula is C9H10N4OS. The zero-order chi connectivity index (χ0) is 10.8. The number of nitrogen functional groups attached to an aromatic ring is 1. The highest BCUT2D eigenvalue weighted by molar-refractivity contribution is 7.71. The van der Waals surface area contributed by atoms with E-state index < -0.39 is 0 Å². The SMILES string of the molecule is COc1ccc(-n2c(N)n[nH]c2=S)cc1. The summed E-state index contributed by atoms with van der Waals surface area (Å²) in [6.07, 6.45) is 0. The largest absolute Gasteiger partial charge is 0.497 e. The topological polar surface area (TPSA) is 68.9 Å². The first kappa shape index (κ1) is 9.72. The van der Waals surface area contributed by atoms with E-state index in [2.05, 4.69) is 10.2 Å². The van der Waals surface area contributed by atoms with E-state index in [1.54, 1.807) is 11.7 Å². The molecule has 15 heavy (non-hydrogen) atoms. The van der Waals surface area contributed by atoms with Crippen LogP contribution in [0.2, 0.25) is 0 Å². The number of hydrogen-bond donors (Lipinski definition) is 2. The number of benzene rings is 1. The Kier molecular flexibility index (Phi) is 2.42. The molecule has 0 spiro atoms. The van der Waals surface area contributed by atoms with E-state index in [0.29, 0.717) is 10.7 Å². The second-order valence-electron chi connectivity index (χ2n) is 2.92. The lowest BCUT2D eigenvalue weighted by atomic mass is 10.3. The van der Waals surface area contributed by atoms with Crippen molar-refractivity contribution < 1.29 is 4.74 Å². The second kappa shape index (κ2) is 3.74. The van der Waals surface area contributed by atoms with Gasteiger partial charge in [-0.3, -0.25) is 4.57 Å². The number of nitrogens with zero attached hydrogens (tertiary/aromatic N) is 2. The number of H-pyrrole nitrogens is 1. The summed E-state index contributed by atoms with van der Waals surface area (Å²) in [4.78, 5) is 0. The number of nitrogens with one attached hydrogen (secondary N) is 1. The Labute approximate surface area is 91.5 Å². The minimum absolute atomic E-state index is 0.338. The summed E-state index contributed by atoms with van der Waals surface area (Å²) in [5, 5.41) is 6.45. The monoisotopic (exact) mass is 222 g/mol. The average Bonchev–Trinajstić information content (AvgIpc) is 2.59. The smallest absolute Gasteiger partial charge is 0.225 e. The van der Waals surface area contributed by atoms with E-state index in [4.69, 9.17) is 22.7 Å². The highest BCUT2D eigenvalue weighted by Gasteiger charge is 2.04. The number of rotatable bonds is 2. The summed E-state index contributed by atoms with van der Waals surface area (Å²) in [7, 11) is 1.62. The molecule has 5 nitrogen and oxygen atoms in total. The first-order valence-electron chi connectivity index (χ1n) is 4.29. The van der Waals surface area contributed by atoms with Gasteiger partial charge in [-0.2, -0.15) is 0 Å². The maximum Gasteiger partial charge on any atom is 0.225 e. The van der Waals surface area contributed by atoms with Gasteiger partial charge in [0.15, 0.2) is 0 Å². The highest BCUT2D eigenvalue weighted by atomic mass is 32.1. The van der Waals surface area contributed by atoms with Crippen LogP contribution in [-0.2, 0) is 0 Å². The molecule has 6 heteroatoms. The molecule has 0 bridgehead atoms. The van der Waals surface area contributed by atoms with Gasteiger partial charge < -0.3 is 10.5 Å². The van der Waals surface area contributed by atoms with Crippen LogP contribution in [0.4, 0.5) is 5.95 Å². The third-order valence-electron chi connectivity index (χ3n) is 2.03. The molecule has 0 aliphatic rings. The van der Waals surface area contributed by atoms with E-state index in [0.717, 1.165) is 11.4 Å². The van der Waals surface area contributed by atoms with Crippen molar-refractivity contribution in [3.8, 4) is 11.4 Å². The first-order valence-corrected chi connectivity index (χ1v) is 4.70. The van der Waals surface area contributed by atoms with Crippen LogP contribution < -0.4 is 10.5 Å². The van der Waals surface area contributed by atoms with Crippen LogP contribution >= 0.6 is 12.2 Å². The maximum atomic E-state index is 5.67. The number of nitrogens with two attached hydrogens (primary N) is 1. The summed E-state index contributed by atoms with van der Waals surface area (Å²) in [5.74, 6) is 1.12. The van der Waals surface area contributed by atoms with Crippen molar-refractivity contribution in [3.63, 3.8) is 0 Å². The summed E-state index contributed by atoms with van der Waals surface area (Å²) >= 11 is 5.05. The van der Waals surface area contributed by atoms with E-state index in [1.165, 1.54) is 0 Å². The first-order chi connectivity index (χ1) is 7.22. The molecule has 0 fully saturated rings. The van der Waals surface area contributed by atoms with Crippen LogP contribution in [0, 0.1) is 4.77 Å². The van der Waals surface area contributed by atoms with Gasteiger partial charge in [-0.05, 0) is 36.5 Å². The highest BCUT2D eigenvalue weighted by Crippen LogP contribution is 2.16. The lowest BCUT2D eigenvalue weighted by molar-refractivity contribution is 0.414. The van der Waals surface area contributed by atoms with Gasteiger partial charge in [0.2, 0.25) is 10.7 Å². The van der Waals surface area contributed by atoms with E-state index in [1.807, 2.05) is 24.3 Å². The van der Waals surface area contributed by atoms with Crippen molar-refractivity contribution in [1.29, 1.82) is 0 Å². The quantitative estimate of drug-likeness (QED) is 0.756. The molecule has 2 rings (SSSR count). The molecule has 0 saturated carbocycles. The molecule has 0 unspecified atom stereocenters. The number of aromatic amines is 1. The third kappa shape index (κ3) is 1.71. The summed E-state index contributed by atoms with van der Waals surface area (Å²) in [6, 6.07) is 7.40. The van der Waals surface area contributed by atoms with Crippen LogP contribution in [0.15, 0.2) is 24.3 Å². The van der Waals surface area contributed by atoms with Gasteiger partial charge in [-0.25, -0.2) is 5.10 Å². The molecule has 0 saturated heterocycles. The lowest BCUT2D eigenvalue weighted by Gasteiger charge is -2.04. The Bertz CT molecular complexity index is 514. The van der Waals surface area contributed by atoms with Gasteiger partial charge in [0.25, 0.3) is 0 Å². The molecule has 1 aromatic heterocycles. The Morgan fingerprint density at radius 1 is 1.40 bits per heavy atom. The number of ether oxygens (including phenoxy) is 1. The number of anilines is 1. The van der Waals surface area contributed by atoms with E-state index >= 15 is 0 Å². The standard InChI is InChI=1S/C9H10N4OS/c1-14-7-4-2-6(3-5-7)13-8(10)11-12-9(13)15/h2-5H,1H3,(H2,10,11)(H,12,15). The van der Waals surface area contributed by atoms with E-state index in [-0.39, 0.29) is 0 Å². The summed E-state index contributed by atoms with van der Waals surface area (Å²) < 4.78 is 7.17. The molecule has 1 aromatic carbocycles. The maximum absolute atomic E-state index is 5.67. The van der Waals surface area contributed by atoms with Crippen molar-refractivity contribution in [3.05, 3.63) is 29.0 Å². The van der Waals surface area contributed by atoms with Crippen LogP contribution in [0.3, 0.4) is 0 Å². The lowest BCUT2D eigenvalue weighted by Crippen LogP contribution is -2.00. The van der Waals surface area contributed by atoms with Gasteiger partial charge in [0.1, 0.15) is 5.75 Å². The molecule has 0 atom stereocenters. The number of hydrogen-bond acceptors (Lipinski definition) is 4. The molecule has 2 aromatic rings. The third-order valence-corrected chi connectivity index (χ3v) is 2.30. The van der Waals surface area contributed by atoms with Gasteiger partial charge in [-0.1, -0.05) is 0 Å². The fourth-order valence-electron chi connectivity index (χ4n) is 1.29. The molecule has 0 aliphatic carbocycles. The Morgan fingerprint density at radius 2 is 2.07 bits per heavy atom. The predicted octanol–water partition coefficient (Wildman–Crippen LogP) is 1.52. The minimum atomic E-state index is 0.338. The Hall–Kier alpha value is -1.82. The molecule has 78 valence electrons. The van der Waals surface area contributed by atoms with Crippen molar-refractivity contribution >= 4 is 18.2 Å². The van der Waals surface area contributed by atoms with Crippen molar-refractivity contribution in [2.75, 3.05) is 12.8 Å². The van der Waals surface area contributed by atoms with Crippen LogP contribution in [-0.4, -0.2) is 21.9 Å². The second-order valence-corrected chi connectivity index (χ2v) is 3.31. The molecular weight excluding hydrogens is 212 g/mol. The summed E-state index contributed by atoms with van der Waals surface area (Å²) in [6.45, 7) is 0. The summed E-state index contributed by atoms with van der Waals surface area (Å²) in [5.41, 5.74) is 6.52. The average molecular weight is 222 g/mol. The van der Waals surface area contributed by atoms with Crippen molar-refractivity contribution in [1.82, 2.24) is 14.8 Å². The normalized spacial score (nSPS) is 10.2. The Morgan fingerprint density at radius 3 is 2.53 bits per heavy atom. The van der Waals surface area contributed by atoms with Crippen molar-refractivity contribution in [2.24, 2.45) is 0 Å². The molecule has 0 aliphatic heterocycles. The molecule has 0 radical (unpaired) electrons. The number of methoxy groups -OCH3 is 1. The fraction of sp³-hybridized carbons (Fsp3) is 0.111. The zero-order valence-corrected chi connectivity index (χ0v) is 8.91. The van der Waals surface area contributed by atoms with Crippen LogP contribution in [0.1, 0.15) is 0 Å². The zero-order valence-electron chi connectivity index (χ0n) is 8.10. The molecule has 3 N–H and O–H groups in total. The van der Waals surface area contributed by atoms with Gasteiger partial charge in [0, 0.05) is 0 Å². The fourth-order valence-corrected chi connectivity index (χ4v) is 1.53. The van der Waals surface area contributed by atoms with Gasteiger partial charge in [-0.15, -0.1) is 5.10 Å². The predicted molar refractivity (Wildman–Crippen MR) is 59.7 cm³/mol. The van der Waals surface area contributed by atoms with Crippen LogP contribution in [0.5, 0.6) is 5.75 Å². The van der Waals surface area contributed by atoms with Gasteiger partial charge in [0.05, 0.1) is 12.8 Å². The van der Waals surface area contributed by atoms with E-state index in [9.17, 15) is 0 Å². The van der Waals surface area contributed by atoms with Gasteiger partial charge >= 0.3 is 0 Å². The number of aromatic nitrogens is 3. The Balaban J connectivity index is 2.50. The minimum Gasteiger partial charge on any atom is -0.497 e. The van der Waals surface area contributed by atoms with Crippen LogP contribution in [0.25, 0.3) is 5.69 Å².